The first kappa shape index (κ1) is 12.3. The van der Waals surface area contributed by atoms with Crippen molar-refractivity contribution < 1.29 is 14.0 Å². The van der Waals surface area contributed by atoms with Crippen molar-refractivity contribution in [3.8, 4) is 0 Å². The van der Waals surface area contributed by atoms with E-state index in [1.807, 2.05) is 0 Å². The first-order chi connectivity index (χ1) is 8.58. The highest BCUT2D eigenvalue weighted by atomic mass is 19.1. The highest BCUT2D eigenvalue weighted by Gasteiger charge is 2.23. The minimum atomic E-state index is -0.877. The van der Waals surface area contributed by atoms with Crippen LogP contribution in [0.25, 0.3) is 0 Å². The molecule has 0 unspecified atom stereocenters. The average Bonchev–Trinajstić information content (AvgIpc) is 3.13. The number of pyridine rings is 1. The van der Waals surface area contributed by atoms with Gasteiger partial charge in [0.2, 0.25) is 5.91 Å². The van der Waals surface area contributed by atoms with Crippen LogP contribution in [0.2, 0.25) is 0 Å². The van der Waals surface area contributed by atoms with Crippen LogP contribution in [0.5, 0.6) is 0 Å². The second-order valence-electron chi connectivity index (χ2n) is 4.08. The molecule has 0 aliphatic heterocycles. The van der Waals surface area contributed by atoms with Gasteiger partial charge in [-0.1, -0.05) is 0 Å². The van der Waals surface area contributed by atoms with Crippen LogP contribution in [-0.2, 0) is 4.79 Å². The zero-order valence-electron chi connectivity index (χ0n) is 9.57. The Bertz CT molecular complexity index is 488. The molecule has 96 valence electrons. The van der Waals surface area contributed by atoms with Gasteiger partial charge in [0, 0.05) is 12.2 Å². The summed E-state index contributed by atoms with van der Waals surface area (Å²) in [5.41, 5.74) is 5.02. The molecular weight excluding hydrogens is 239 g/mol. The van der Waals surface area contributed by atoms with Crippen LogP contribution < -0.4 is 16.4 Å². The number of carbonyl (C=O) groups is 2. The standard InChI is InChI=1S/C11H13FN4O2/c12-9-7(3-4-14-10(9)13)11(18)15-5-8(17)16-6-1-2-6/h3-4,6H,1-2,5H2,(H2,13,14)(H,15,18)(H,16,17). The number of aromatic nitrogens is 1. The van der Waals surface area contributed by atoms with Gasteiger partial charge in [-0.3, -0.25) is 9.59 Å². The fourth-order valence-corrected chi connectivity index (χ4v) is 1.40. The van der Waals surface area contributed by atoms with E-state index in [2.05, 4.69) is 15.6 Å². The quantitative estimate of drug-likeness (QED) is 0.692. The third-order valence-electron chi connectivity index (χ3n) is 2.51. The lowest BCUT2D eigenvalue weighted by Gasteiger charge is -2.07. The number of anilines is 1. The first-order valence-electron chi connectivity index (χ1n) is 5.55. The highest BCUT2D eigenvalue weighted by molar-refractivity contribution is 5.97. The van der Waals surface area contributed by atoms with Crippen molar-refractivity contribution in [2.24, 2.45) is 0 Å². The Hall–Kier alpha value is -2.18. The Kier molecular flexibility index (Phi) is 3.40. The minimum Gasteiger partial charge on any atom is -0.381 e. The van der Waals surface area contributed by atoms with E-state index in [4.69, 9.17) is 5.73 Å². The van der Waals surface area contributed by atoms with Crippen LogP contribution in [0.15, 0.2) is 12.3 Å². The zero-order chi connectivity index (χ0) is 13.1. The molecular formula is C11H13FN4O2. The van der Waals surface area contributed by atoms with Crippen molar-refractivity contribution in [1.29, 1.82) is 0 Å². The molecule has 1 aliphatic rings. The number of nitrogens with zero attached hydrogens (tertiary/aromatic N) is 1. The molecule has 1 heterocycles. The molecule has 0 atom stereocenters. The number of nitrogens with one attached hydrogen (secondary N) is 2. The summed E-state index contributed by atoms with van der Waals surface area (Å²) in [6.07, 6.45) is 3.17. The van der Waals surface area contributed by atoms with Gasteiger partial charge in [0.1, 0.15) is 0 Å². The third kappa shape index (κ3) is 2.93. The van der Waals surface area contributed by atoms with E-state index in [1.165, 1.54) is 12.3 Å². The third-order valence-corrected chi connectivity index (χ3v) is 2.51. The van der Waals surface area contributed by atoms with Crippen LogP contribution in [0, 0.1) is 5.82 Å². The topological polar surface area (TPSA) is 97.1 Å². The Morgan fingerprint density at radius 2 is 2.22 bits per heavy atom. The van der Waals surface area contributed by atoms with Gasteiger partial charge < -0.3 is 16.4 Å². The molecule has 18 heavy (non-hydrogen) atoms. The van der Waals surface area contributed by atoms with Gasteiger partial charge in [-0.05, 0) is 18.9 Å². The molecule has 0 spiro atoms. The molecule has 1 saturated carbocycles. The Morgan fingerprint density at radius 1 is 1.50 bits per heavy atom. The van der Waals surface area contributed by atoms with Crippen molar-refractivity contribution in [2.45, 2.75) is 18.9 Å². The van der Waals surface area contributed by atoms with Crippen LogP contribution in [0.3, 0.4) is 0 Å². The molecule has 4 N–H and O–H groups in total. The second kappa shape index (κ2) is 4.99. The molecule has 1 aliphatic carbocycles. The summed E-state index contributed by atoms with van der Waals surface area (Å²) in [5, 5.41) is 5.03. The van der Waals surface area contributed by atoms with E-state index in [0.29, 0.717) is 0 Å². The van der Waals surface area contributed by atoms with E-state index in [-0.39, 0.29) is 29.9 Å². The summed E-state index contributed by atoms with van der Waals surface area (Å²) < 4.78 is 13.4. The largest absolute Gasteiger partial charge is 0.381 e. The van der Waals surface area contributed by atoms with Crippen molar-refractivity contribution >= 4 is 17.6 Å². The number of hydrogen-bond donors (Lipinski definition) is 3. The predicted octanol–water partition coefficient (Wildman–Crippen LogP) is -0.189. The Labute approximate surface area is 103 Å². The number of amides is 2. The summed E-state index contributed by atoms with van der Waals surface area (Å²) in [6.45, 7) is -0.184. The summed E-state index contributed by atoms with van der Waals surface area (Å²) in [6, 6.07) is 1.43. The molecule has 0 radical (unpaired) electrons. The normalized spacial score (nSPS) is 14.1. The van der Waals surface area contributed by atoms with Crippen LogP contribution in [0.4, 0.5) is 10.2 Å². The molecule has 7 heteroatoms. The van der Waals surface area contributed by atoms with Gasteiger partial charge in [-0.2, -0.15) is 0 Å². The molecule has 1 aromatic heterocycles. The summed E-state index contributed by atoms with van der Waals surface area (Å²) in [7, 11) is 0. The Morgan fingerprint density at radius 3 is 2.89 bits per heavy atom. The number of halogens is 1. The summed E-state index contributed by atoms with van der Waals surface area (Å²) in [4.78, 5) is 26.4. The van der Waals surface area contributed by atoms with Crippen molar-refractivity contribution in [3.63, 3.8) is 0 Å². The van der Waals surface area contributed by atoms with Crippen molar-refractivity contribution in [2.75, 3.05) is 12.3 Å². The highest BCUT2D eigenvalue weighted by Crippen LogP contribution is 2.18. The lowest BCUT2D eigenvalue weighted by molar-refractivity contribution is -0.120. The molecule has 0 saturated heterocycles. The maximum Gasteiger partial charge on any atom is 0.254 e. The maximum absolute atomic E-state index is 13.4. The van der Waals surface area contributed by atoms with E-state index in [9.17, 15) is 14.0 Å². The fraction of sp³-hybridized carbons (Fsp3) is 0.364. The lowest BCUT2D eigenvalue weighted by atomic mass is 10.2. The smallest absolute Gasteiger partial charge is 0.254 e. The van der Waals surface area contributed by atoms with Crippen LogP contribution in [-0.4, -0.2) is 29.4 Å². The monoisotopic (exact) mass is 252 g/mol. The van der Waals surface area contributed by atoms with E-state index >= 15 is 0 Å². The van der Waals surface area contributed by atoms with Gasteiger partial charge in [0.05, 0.1) is 12.1 Å². The zero-order valence-corrected chi connectivity index (χ0v) is 9.57. The lowest BCUT2D eigenvalue weighted by Crippen LogP contribution is -2.38. The molecule has 0 bridgehead atoms. The van der Waals surface area contributed by atoms with Gasteiger partial charge in [-0.15, -0.1) is 0 Å². The SMILES string of the molecule is Nc1nccc(C(=O)NCC(=O)NC2CC2)c1F. The number of rotatable bonds is 4. The van der Waals surface area contributed by atoms with Crippen LogP contribution in [0.1, 0.15) is 23.2 Å². The second-order valence-corrected chi connectivity index (χ2v) is 4.08. The average molecular weight is 252 g/mol. The van der Waals surface area contributed by atoms with E-state index in [1.54, 1.807) is 0 Å². The summed E-state index contributed by atoms with van der Waals surface area (Å²) >= 11 is 0. The number of nitrogens with two attached hydrogens (primary N) is 1. The van der Waals surface area contributed by atoms with Gasteiger partial charge in [0.25, 0.3) is 5.91 Å². The molecule has 2 rings (SSSR count). The molecule has 1 aromatic rings. The Balaban J connectivity index is 1.90. The minimum absolute atomic E-state index is 0.184. The fourth-order valence-electron chi connectivity index (χ4n) is 1.40. The number of hydrogen-bond acceptors (Lipinski definition) is 4. The van der Waals surface area contributed by atoms with Crippen molar-refractivity contribution in [1.82, 2.24) is 15.6 Å². The molecule has 1 fully saturated rings. The maximum atomic E-state index is 13.4. The molecule has 2 amide bonds. The summed E-state index contributed by atoms with van der Waals surface area (Å²) in [5.74, 6) is -2.19. The predicted molar refractivity (Wildman–Crippen MR) is 62.1 cm³/mol. The van der Waals surface area contributed by atoms with Crippen LogP contribution >= 0.6 is 0 Å². The van der Waals surface area contributed by atoms with Gasteiger partial charge in [0.15, 0.2) is 11.6 Å². The van der Waals surface area contributed by atoms with E-state index < -0.39 is 11.7 Å². The molecule has 0 aromatic carbocycles. The van der Waals surface area contributed by atoms with Gasteiger partial charge >= 0.3 is 0 Å². The molecule has 6 nitrogen and oxygen atoms in total. The first-order valence-corrected chi connectivity index (χ1v) is 5.55. The van der Waals surface area contributed by atoms with E-state index in [0.717, 1.165) is 12.8 Å². The number of carbonyl (C=O) groups excluding carboxylic acids is 2. The van der Waals surface area contributed by atoms with Gasteiger partial charge in [-0.25, -0.2) is 9.37 Å². The number of nitrogen functional groups attached to an aromatic ring is 1. The van der Waals surface area contributed by atoms with Crippen molar-refractivity contribution in [3.05, 3.63) is 23.6 Å².